The van der Waals surface area contributed by atoms with Gasteiger partial charge in [0.25, 0.3) is 0 Å². The first-order chi connectivity index (χ1) is 13.7. The second-order valence-corrected chi connectivity index (χ2v) is 10.1. The zero-order valence-electron chi connectivity index (χ0n) is 18.2. The van der Waals surface area contributed by atoms with Crippen LogP contribution in [0.4, 0.5) is 0 Å². The van der Waals surface area contributed by atoms with Gasteiger partial charge in [0, 0.05) is 24.3 Å². The molecule has 1 aromatic heterocycles. The molecule has 2 aliphatic carbocycles. The van der Waals surface area contributed by atoms with Gasteiger partial charge < -0.3 is 14.4 Å². The molecular weight excluding hydrogens is 370 g/mol. The summed E-state index contributed by atoms with van der Waals surface area (Å²) < 4.78 is 10.7. The number of nitrogens with zero attached hydrogens (tertiary/aromatic N) is 1. The molecule has 2 saturated carbocycles. The Balaban J connectivity index is 1.65. The fourth-order valence-corrected chi connectivity index (χ4v) is 4.65. The summed E-state index contributed by atoms with van der Waals surface area (Å²) in [5, 5.41) is 13.9. The van der Waals surface area contributed by atoms with Crippen molar-refractivity contribution in [2.45, 2.75) is 90.9 Å². The van der Waals surface area contributed by atoms with Crippen LogP contribution in [-0.2, 0) is 20.7 Å². The lowest BCUT2D eigenvalue weighted by molar-refractivity contribution is -0.145. The van der Waals surface area contributed by atoms with Gasteiger partial charge in [-0.1, -0.05) is 25.9 Å². The lowest BCUT2D eigenvalue weighted by atomic mass is 9.67. The summed E-state index contributed by atoms with van der Waals surface area (Å²) in [6.07, 6.45) is 6.44. The molecule has 1 N–H and O–H groups in total. The number of carboxylic acid groups (broad SMARTS) is 1. The molecule has 0 amide bonds. The van der Waals surface area contributed by atoms with Crippen molar-refractivity contribution >= 4 is 11.9 Å². The van der Waals surface area contributed by atoms with E-state index in [1.165, 1.54) is 12.0 Å². The smallest absolute Gasteiger partial charge is 0.306 e. The van der Waals surface area contributed by atoms with Crippen molar-refractivity contribution in [1.82, 2.24) is 5.16 Å². The molecule has 1 aromatic rings. The summed E-state index contributed by atoms with van der Waals surface area (Å²) in [6, 6.07) is 0. The molecular formula is C23H35NO5. The Hall–Kier alpha value is -1.85. The Morgan fingerprint density at radius 3 is 2.48 bits per heavy atom. The Bertz CT molecular complexity index is 722. The molecule has 0 aliphatic heterocycles. The van der Waals surface area contributed by atoms with Gasteiger partial charge in [-0.2, -0.15) is 0 Å². The van der Waals surface area contributed by atoms with Crippen LogP contribution in [0.15, 0.2) is 4.52 Å². The number of ether oxygens (including phenoxy) is 1. The SMILES string of the molecule is CCOC(=O)CC[C@@H](Cc1noc(C2CC(CC(C)(C)C)C2)c1C1CC1)C(=O)O. The van der Waals surface area contributed by atoms with Gasteiger partial charge in [0.2, 0.25) is 0 Å². The molecule has 0 radical (unpaired) electrons. The quantitative estimate of drug-likeness (QED) is 0.547. The third-order valence-electron chi connectivity index (χ3n) is 6.11. The molecule has 0 spiro atoms. The number of carboxylic acids is 1. The lowest BCUT2D eigenvalue weighted by Gasteiger charge is -2.38. The van der Waals surface area contributed by atoms with Gasteiger partial charge in [0.15, 0.2) is 0 Å². The van der Waals surface area contributed by atoms with E-state index in [1.807, 2.05) is 0 Å². The number of aromatic nitrogens is 1. The molecule has 1 atom stereocenters. The predicted molar refractivity (Wildman–Crippen MR) is 109 cm³/mol. The van der Waals surface area contributed by atoms with E-state index < -0.39 is 11.9 Å². The third-order valence-corrected chi connectivity index (χ3v) is 6.11. The minimum absolute atomic E-state index is 0.116. The highest BCUT2D eigenvalue weighted by Gasteiger charge is 2.41. The molecule has 2 aliphatic rings. The zero-order chi connectivity index (χ0) is 21.2. The van der Waals surface area contributed by atoms with Gasteiger partial charge in [0.05, 0.1) is 18.2 Å². The maximum atomic E-state index is 11.7. The van der Waals surface area contributed by atoms with Crippen LogP contribution in [0.3, 0.4) is 0 Å². The van der Waals surface area contributed by atoms with E-state index in [0.29, 0.717) is 30.3 Å². The maximum absolute atomic E-state index is 11.7. The van der Waals surface area contributed by atoms with Crippen LogP contribution in [0.2, 0.25) is 0 Å². The number of hydrogen-bond acceptors (Lipinski definition) is 5. The average molecular weight is 406 g/mol. The van der Waals surface area contributed by atoms with Crippen LogP contribution >= 0.6 is 0 Å². The summed E-state index contributed by atoms with van der Waals surface area (Å²) in [7, 11) is 0. The molecule has 0 saturated heterocycles. The summed E-state index contributed by atoms with van der Waals surface area (Å²) >= 11 is 0. The summed E-state index contributed by atoms with van der Waals surface area (Å²) in [5.41, 5.74) is 2.31. The largest absolute Gasteiger partial charge is 0.481 e. The Morgan fingerprint density at radius 1 is 1.24 bits per heavy atom. The van der Waals surface area contributed by atoms with Crippen molar-refractivity contribution in [3.8, 4) is 0 Å². The molecule has 6 nitrogen and oxygen atoms in total. The average Bonchev–Trinajstić information content (AvgIpc) is 3.34. The van der Waals surface area contributed by atoms with Crippen molar-refractivity contribution < 1.29 is 24.0 Å². The third kappa shape index (κ3) is 5.83. The van der Waals surface area contributed by atoms with E-state index in [2.05, 4.69) is 25.9 Å². The van der Waals surface area contributed by atoms with Gasteiger partial charge in [0.1, 0.15) is 5.76 Å². The van der Waals surface area contributed by atoms with E-state index in [-0.39, 0.29) is 18.8 Å². The molecule has 1 heterocycles. The molecule has 0 bridgehead atoms. The maximum Gasteiger partial charge on any atom is 0.306 e. The Kier molecular flexibility index (Phi) is 6.69. The molecule has 29 heavy (non-hydrogen) atoms. The first-order valence-electron chi connectivity index (χ1n) is 11.0. The van der Waals surface area contributed by atoms with Gasteiger partial charge in [-0.25, -0.2) is 0 Å². The van der Waals surface area contributed by atoms with Gasteiger partial charge in [-0.05, 0) is 62.7 Å². The highest BCUT2D eigenvalue weighted by molar-refractivity contribution is 5.73. The highest BCUT2D eigenvalue weighted by atomic mass is 16.5. The standard InChI is InChI=1S/C23H35NO5/c1-5-28-19(25)9-8-16(22(26)27)12-18-20(15-6-7-15)21(29-24-18)17-10-14(11-17)13-23(2,3)4/h14-17H,5-13H2,1-4H3,(H,26,27)/t14?,16-,17?/m0/s1. The first-order valence-corrected chi connectivity index (χ1v) is 11.0. The second kappa shape index (κ2) is 8.88. The van der Waals surface area contributed by atoms with Gasteiger partial charge >= 0.3 is 11.9 Å². The fraction of sp³-hybridized carbons (Fsp3) is 0.783. The minimum atomic E-state index is -0.894. The topological polar surface area (TPSA) is 89.6 Å². The van der Waals surface area contributed by atoms with E-state index >= 15 is 0 Å². The number of esters is 1. The first kappa shape index (κ1) is 21.8. The van der Waals surface area contributed by atoms with E-state index in [1.54, 1.807) is 6.92 Å². The van der Waals surface area contributed by atoms with Crippen molar-refractivity contribution in [2.75, 3.05) is 6.61 Å². The van der Waals surface area contributed by atoms with Crippen molar-refractivity contribution in [3.05, 3.63) is 17.0 Å². The lowest BCUT2D eigenvalue weighted by Crippen LogP contribution is -2.26. The number of carbonyl (C=O) groups is 2. The van der Waals surface area contributed by atoms with Crippen LogP contribution in [0.5, 0.6) is 0 Å². The number of aliphatic carboxylic acids is 1. The molecule has 3 rings (SSSR count). The zero-order valence-corrected chi connectivity index (χ0v) is 18.2. The van der Waals surface area contributed by atoms with Crippen LogP contribution < -0.4 is 0 Å². The number of hydrogen-bond donors (Lipinski definition) is 1. The Morgan fingerprint density at radius 2 is 1.93 bits per heavy atom. The second-order valence-electron chi connectivity index (χ2n) is 10.1. The molecule has 0 unspecified atom stereocenters. The number of rotatable bonds is 10. The molecule has 162 valence electrons. The molecule has 6 heteroatoms. The van der Waals surface area contributed by atoms with Crippen molar-refractivity contribution in [1.29, 1.82) is 0 Å². The fourth-order valence-electron chi connectivity index (χ4n) is 4.65. The molecule has 2 fully saturated rings. The number of carbonyl (C=O) groups excluding carboxylic acids is 1. The summed E-state index contributed by atoms with van der Waals surface area (Å²) in [5.74, 6) is 0.731. The van der Waals surface area contributed by atoms with Crippen molar-refractivity contribution in [3.63, 3.8) is 0 Å². The summed E-state index contributed by atoms with van der Waals surface area (Å²) in [6.45, 7) is 8.91. The van der Waals surface area contributed by atoms with Crippen LogP contribution in [-0.4, -0.2) is 28.8 Å². The van der Waals surface area contributed by atoms with Crippen LogP contribution in [0.25, 0.3) is 0 Å². The van der Waals surface area contributed by atoms with E-state index in [0.717, 1.165) is 43.1 Å². The summed E-state index contributed by atoms with van der Waals surface area (Å²) in [4.78, 5) is 23.4. The van der Waals surface area contributed by atoms with Crippen LogP contribution in [0.1, 0.15) is 101 Å². The van der Waals surface area contributed by atoms with E-state index in [9.17, 15) is 14.7 Å². The Labute approximate surface area is 173 Å². The monoisotopic (exact) mass is 405 g/mol. The minimum Gasteiger partial charge on any atom is -0.481 e. The van der Waals surface area contributed by atoms with E-state index in [4.69, 9.17) is 9.26 Å². The van der Waals surface area contributed by atoms with Crippen molar-refractivity contribution in [2.24, 2.45) is 17.3 Å². The highest BCUT2D eigenvalue weighted by Crippen LogP contribution is 2.52. The normalized spacial score (nSPS) is 22.8. The van der Waals surface area contributed by atoms with Crippen LogP contribution in [0, 0.1) is 17.3 Å². The van der Waals surface area contributed by atoms with Gasteiger partial charge in [-0.3, -0.25) is 9.59 Å². The van der Waals surface area contributed by atoms with Gasteiger partial charge in [-0.15, -0.1) is 0 Å². The molecule has 0 aromatic carbocycles. The predicted octanol–water partition coefficient (Wildman–Crippen LogP) is 5.07.